The fourth-order valence-corrected chi connectivity index (χ4v) is 2.00. The highest BCUT2D eigenvalue weighted by atomic mass is 16.5. The molecule has 2 N–H and O–H groups in total. The Morgan fingerprint density at radius 2 is 2.27 bits per heavy atom. The lowest BCUT2D eigenvalue weighted by molar-refractivity contribution is -0.120. The van der Waals surface area contributed by atoms with E-state index >= 15 is 0 Å². The number of hydrogen-bond acceptors (Lipinski definition) is 3. The lowest BCUT2D eigenvalue weighted by atomic mass is 9.96. The topological polar surface area (TPSA) is 52.3 Å². The van der Waals surface area contributed by atoms with Gasteiger partial charge in [-0.2, -0.15) is 0 Å². The van der Waals surface area contributed by atoms with Crippen LogP contribution in [0, 0.1) is 0 Å². The quantitative estimate of drug-likeness (QED) is 0.734. The Hall–Kier alpha value is -0.410. The van der Waals surface area contributed by atoms with Crippen molar-refractivity contribution in [2.45, 2.75) is 64.0 Å². The first-order valence-electron chi connectivity index (χ1n) is 5.89. The van der Waals surface area contributed by atoms with Crippen molar-refractivity contribution in [3.63, 3.8) is 0 Å². The standard InChI is InChI=1S/C12H23NO2/c1-12(2,13)9-10(14)5-3-6-11-7-4-8-15-11/h11H,3-9,13H2,1-2H3. The summed E-state index contributed by atoms with van der Waals surface area (Å²) in [5, 5.41) is 0. The van der Waals surface area contributed by atoms with Crippen molar-refractivity contribution in [3.05, 3.63) is 0 Å². The summed E-state index contributed by atoms with van der Waals surface area (Å²) in [5.74, 6) is 0.278. The molecular formula is C12H23NO2. The largest absolute Gasteiger partial charge is 0.378 e. The van der Waals surface area contributed by atoms with Gasteiger partial charge >= 0.3 is 0 Å². The Bertz CT molecular complexity index is 202. The lowest BCUT2D eigenvalue weighted by Gasteiger charge is -2.17. The number of hydrogen-bond donors (Lipinski definition) is 1. The van der Waals surface area contributed by atoms with Gasteiger partial charge in [-0.1, -0.05) is 0 Å². The van der Waals surface area contributed by atoms with Gasteiger partial charge in [0.05, 0.1) is 6.10 Å². The number of carbonyl (C=O) groups is 1. The maximum Gasteiger partial charge on any atom is 0.134 e. The van der Waals surface area contributed by atoms with Crippen molar-refractivity contribution in [1.82, 2.24) is 0 Å². The third kappa shape index (κ3) is 5.90. The molecule has 1 fully saturated rings. The number of nitrogens with two attached hydrogens (primary N) is 1. The first kappa shape index (κ1) is 12.7. The molecule has 0 aliphatic carbocycles. The maximum atomic E-state index is 11.5. The summed E-state index contributed by atoms with van der Waals surface area (Å²) in [4.78, 5) is 11.5. The maximum absolute atomic E-state index is 11.5. The monoisotopic (exact) mass is 213 g/mol. The fourth-order valence-electron chi connectivity index (χ4n) is 2.00. The molecule has 0 aromatic heterocycles. The van der Waals surface area contributed by atoms with Crippen LogP contribution in [0.15, 0.2) is 0 Å². The first-order chi connectivity index (χ1) is 6.97. The molecule has 0 bridgehead atoms. The van der Waals surface area contributed by atoms with Gasteiger partial charge in [0.2, 0.25) is 0 Å². The normalized spacial score (nSPS) is 21.9. The molecule has 1 rings (SSSR count). The zero-order valence-electron chi connectivity index (χ0n) is 9.92. The number of rotatable bonds is 6. The summed E-state index contributed by atoms with van der Waals surface area (Å²) < 4.78 is 5.50. The van der Waals surface area contributed by atoms with Gasteiger partial charge in [0.15, 0.2) is 0 Å². The van der Waals surface area contributed by atoms with Gasteiger partial charge in [-0.05, 0) is 39.5 Å². The highest BCUT2D eigenvalue weighted by Gasteiger charge is 2.18. The Morgan fingerprint density at radius 1 is 1.53 bits per heavy atom. The number of carbonyl (C=O) groups excluding carboxylic acids is 1. The summed E-state index contributed by atoms with van der Waals surface area (Å²) in [7, 11) is 0. The van der Waals surface area contributed by atoms with Crippen LogP contribution >= 0.6 is 0 Å². The van der Waals surface area contributed by atoms with Crippen LogP contribution in [0.25, 0.3) is 0 Å². The highest BCUT2D eigenvalue weighted by molar-refractivity contribution is 5.79. The summed E-state index contributed by atoms with van der Waals surface area (Å²) >= 11 is 0. The first-order valence-corrected chi connectivity index (χ1v) is 5.89. The van der Waals surface area contributed by atoms with Gasteiger partial charge in [-0.3, -0.25) is 4.79 Å². The predicted molar refractivity (Wildman–Crippen MR) is 60.7 cm³/mol. The van der Waals surface area contributed by atoms with Crippen molar-refractivity contribution >= 4 is 5.78 Å². The molecular weight excluding hydrogens is 190 g/mol. The van der Waals surface area contributed by atoms with Crippen LogP contribution < -0.4 is 5.73 Å². The summed E-state index contributed by atoms with van der Waals surface area (Å²) in [6, 6.07) is 0. The van der Waals surface area contributed by atoms with E-state index in [1.54, 1.807) is 0 Å². The van der Waals surface area contributed by atoms with E-state index in [1.165, 1.54) is 6.42 Å². The number of ketones is 1. The SMILES string of the molecule is CC(C)(N)CC(=O)CCCC1CCCO1. The molecule has 3 heteroatoms. The zero-order chi connectivity index (χ0) is 11.3. The average Bonchev–Trinajstić information content (AvgIpc) is 2.53. The molecule has 0 amide bonds. The Kier molecular flexibility index (Phi) is 4.74. The fraction of sp³-hybridized carbons (Fsp3) is 0.917. The van der Waals surface area contributed by atoms with Crippen LogP contribution in [0.1, 0.15) is 52.4 Å². The smallest absolute Gasteiger partial charge is 0.134 e. The van der Waals surface area contributed by atoms with Gasteiger partial charge < -0.3 is 10.5 Å². The van der Waals surface area contributed by atoms with E-state index in [0.717, 1.165) is 25.9 Å². The van der Waals surface area contributed by atoms with E-state index in [0.29, 0.717) is 18.9 Å². The van der Waals surface area contributed by atoms with Crippen molar-refractivity contribution in [2.24, 2.45) is 5.73 Å². The Balaban J connectivity index is 2.06. The molecule has 1 unspecified atom stereocenters. The van der Waals surface area contributed by atoms with Crippen LogP contribution in [0.2, 0.25) is 0 Å². The minimum Gasteiger partial charge on any atom is -0.378 e. The second kappa shape index (κ2) is 5.61. The van der Waals surface area contributed by atoms with E-state index in [4.69, 9.17) is 10.5 Å². The molecule has 0 aromatic carbocycles. The summed E-state index contributed by atoms with van der Waals surface area (Å²) in [6.45, 7) is 4.68. The van der Waals surface area contributed by atoms with Crippen LogP contribution in [0.4, 0.5) is 0 Å². The molecule has 1 atom stereocenters. The van der Waals surface area contributed by atoms with Gasteiger partial charge in [0.1, 0.15) is 5.78 Å². The minimum atomic E-state index is -0.360. The van der Waals surface area contributed by atoms with E-state index in [2.05, 4.69) is 0 Å². The predicted octanol–water partition coefficient (Wildman–Crippen LogP) is 2.03. The Morgan fingerprint density at radius 3 is 2.80 bits per heavy atom. The summed E-state index contributed by atoms with van der Waals surface area (Å²) in [6.07, 6.45) is 5.85. The number of Topliss-reactive ketones (excluding diaryl/α,β-unsaturated/α-hetero) is 1. The van der Waals surface area contributed by atoms with Gasteiger partial charge in [0, 0.05) is 25.0 Å². The van der Waals surface area contributed by atoms with Crippen molar-refractivity contribution < 1.29 is 9.53 Å². The molecule has 1 aliphatic heterocycles. The molecule has 3 nitrogen and oxygen atoms in total. The van der Waals surface area contributed by atoms with Crippen LogP contribution in [0.3, 0.4) is 0 Å². The molecule has 1 aliphatic rings. The van der Waals surface area contributed by atoms with E-state index < -0.39 is 0 Å². The van der Waals surface area contributed by atoms with Gasteiger partial charge in [0.25, 0.3) is 0 Å². The van der Waals surface area contributed by atoms with Gasteiger partial charge in [-0.25, -0.2) is 0 Å². The van der Waals surface area contributed by atoms with Gasteiger partial charge in [-0.15, -0.1) is 0 Å². The van der Waals surface area contributed by atoms with E-state index in [9.17, 15) is 4.79 Å². The van der Waals surface area contributed by atoms with Crippen molar-refractivity contribution in [1.29, 1.82) is 0 Å². The highest BCUT2D eigenvalue weighted by Crippen LogP contribution is 2.18. The lowest BCUT2D eigenvalue weighted by Crippen LogP contribution is -2.34. The molecule has 1 heterocycles. The van der Waals surface area contributed by atoms with Crippen LogP contribution in [-0.2, 0) is 9.53 Å². The molecule has 0 spiro atoms. The molecule has 0 radical (unpaired) electrons. The molecule has 88 valence electrons. The van der Waals surface area contributed by atoms with E-state index in [-0.39, 0.29) is 11.3 Å². The van der Waals surface area contributed by atoms with Crippen molar-refractivity contribution in [3.8, 4) is 0 Å². The zero-order valence-corrected chi connectivity index (χ0v) is 9.92. The van der Waals surface area contributed by atoms with E-state index in [1.807, 2.05) is 13.8 Å². The molecule has 1 saturated heterocycles. The number of ether oxygens (including phenoxy) is 1. The average molecular weight is 213 g/mol. The van der Waals surface area contributed by atoms with Crippen LogP contribution in [-0.4, -0.2) is 24.0 Å². The molecule has 15 heavy (non-hydrogen) atoms. The molecule has 0 aromatic rings. The van der Waals surface area contributed by atoms with Crippen molar-refractivity contribution in [2.75, 3.05) is 6.61 Å². The second-order valence-corrected chi connectivity index (χ2v) is 5.23. The minimum absolute atomic E-state index is 0.278. The third-order valence-corrected chi connectivity index (χ3v) is 2.66. The third-order valence-electron chi connectivity index (χ3n) is 2.66. The Labute approximate surface area is 92.4 Å². The summed E-state index contributed by atoms with van der Waals surface area (Å²) in [5.41, 5.74) is 5.42. The molecule has 0 saturated carbocycles. The second-order valence-electron chi connectivity index (χ2n) is 5.23. The van der Waals surface area contributed by atoms with Crippen LogP contribution in [0.5, 0.6) is 0 Å².